The molecule has 8 heteroatoms. The van der Waals surface area contributed by atoms with Gasteiger partial charge in [0.2, 0.25) is 5.91 Å². The average molecular weight is 502 g/mol. The Morgan fingerprint density at radius 3 is 2.42 bits per heavy atom. The number of ether oxygens (including phenoxy) is 1. The number of methoxy groups -OCH3 is 1. The van der Waals surface area contributed by atoms with Crippen molar-refractivity contribution in [3.63, 3.8) is 0 Å². The van der Waals surface area contributed by atoms with E-state index in [1.54, 1.807) is 14.2 Å². The Kier molecular flexibility index (Phi) is 8.20. The minimum Gasteiger partial charge on any atom is -0.481 e. The highest BCUT2D eigenvalue weighted by Gasteiger charge is 2.27. The monoisotopic (exact) mass is 501 g/mol. The Morgan fingerprint density at radius 2 is 1.75 bits per heavy atom. The maximum atomic E-state index is 13.3. The minimum atomic E-state index is -1.00. The summed E-state index contributed by atoms with van der Waals surface area (Å²) in [5.41, 5.74) is 5.37. The van der Waals surface area contributed by atoms with Crippen LogP contribution in [0.2, 0.25) is 0 Å². The first-order chi connectivity index (χ1) is 17.5. The molecule has 0 saturated heterocycles. The molecule has 1 atom stereocenters. The van der Waals surface area contributed by atoms with Crippen LogP contribution in [-0.2, 0) is 27.4 Å². The van der Waals surface area contributed by atoms with E-state index in [2.05, 4.69) is 4.98 Å². The van der Waals surface area contributed by atoms with Crippen LogP contribution in [-0.4, -0.2) is 41.1 Å². The standard InChI is InChI=1S/C28H27N3O4S/c1-31(27(34)21(15-26(32)33)14-19-8-4-3-5-9-19)28-30-25(18-36-28)24-11-7-6-10-23(24)20-12-13-22(17-35-2)29-16-20/h3-13,16,18,21H,14-15,17H2,1-2H3,(H,32,33)/t21-/m1/s1. The molecule has 7 nitrogen and oxygen atoms in total. The summed E-state index contributed by atoms with van der Waals surface area (Å²) in [5, 5.41) is 11.8. The Balaban J connectivity index is 1.58. The molecule has 0 aliphatic rings. The number of amides is 1. The number of hydrogen-bond donors (Lipinski definition) is 1. The molecule has 1 N–H and O–H groups in total. The maximum absolute atomic E-state index is 13.3. The summed E-state index contributed by atoms with van der Waals surface area (Å²) in [6.07, 6.45) is 1.92. The fraction of sp³-hybridized carbons (Fsp3) is 0.214. The van der Waals surface area contributed by atoms with Crippen molar-refractivity contribution in [3.05, 3.63) is 89.6 Å². The molecule has 4 rings (SSSR count). The van der Waals surface area contributed by atoms with Gasteiger partial charge in [0, 0.05) is 36.9 Å². The zero-order valence-electron chi connectivity index (χ0n) is 20.1. The quantitative estimate of drug-likeness (QED) is 0.316. The average Bonchev–Trinajstić information content (AvgIpc) is 3.39. The first kappa shape index (κ1) is 25.2. The lowest BCUT2D eigenvalue weighted by Crippen LogP contribution is -2.35. The molecule has 0 unspecified atom stereocenters. The molecule has 0 saturated carbocycles. The van der Waals surface area contributed by atoms with Gasteiger partial charge in [0.05, 0.1) is 30.3 Å². The lowest BCUT2D eigenvalue weighted by atomic mass is 9.95. The van der Waals surface area contributed by atoms with E-state index in [0.717, 1.165) is 33.6 Å². The fourth-order valence-electron chi connectivity index (χ4n) is 4.04. The van der Waals surface area contributed by atoms with Crippen molar-refractivity contribution in [2.45, 2.75) is 19.4 Å². The maximum Gasteiger partial charge on any atom is 0.304 e. The third-order valence-corrected chi connectivity index (χ3v) is 6.75. The van der Waals surface area contributed by atoms with Gasteiger partial charge >= 0.3 is 5.97 Å². The van der Waals surface area contributed by atoms with Gasteiger partial charge in [-0.2, -0.15) is 0 Å². The minimum absolute atomic E-state index is 0.245. The number of carbonyl (C=O) groups is 2. The SMILES string of the molecule is COCc1ccc(-c2ccccc2-c2csc(N(C)C(=O)[C@@H](CC(=O)O)Cc3ccccc3)n2)cn1. The van der Waals surface area contributed by atoms with Crippen LogP contribution in [0.25, 0.3) is 22.4 Å². The first-order valence-corrected chi connectivity index (χ1v) is 12.4. The molecular formula is C28H27N3O4S. The van der Waals surface area contributed by atoms with E-state index in [9.17, 15) is 14.7 Å². The number of anilines is 1. The van der Waals surface area contributed by atoms with Gasteiger partial charge in [-0.25, -0.2) is 4.98 Å². The Labute approximate surface area is 214 Å². The number of pyridine rings is 1. The molecule has 0 spiro atoms. The van der Waals surface area contributed by atoms with Crippen LogP contribution in [0.15, 0.2) is 78.3 Å². The fourth-order valence-corrected chi connectivity index (χ4v) is 4.84. The van der Waals surface area contributed by atoms with Gasteiger partial charge in [0.1, 0.15) is 0 Å². The summed E-state index contributed by atoms with van der Waals surface area (Å²) < 4.78 is 5.15. The number of benzene rings is 2. The van der Waals surface area contributed by atoms with Gasteiger partial charge in [-0.15, -0.1) is 11.3 Å². The normalized spacial score (nSPS) is 11.7. The van der Waals surface area contributed by atoms with Gasteiger partial charge in [0.25, 0.3) is 0 Å². The van der Waals surface area contributed by atoms with Gasteiger partial charge in [-0.1, -0.05) is 60.7 Å². The van der Waals surface area contributed by atoms with Crippen molar-refractivity contribution >= 4 is 28.3 Å². The molecule has 0 aliphatic carbocycles. The van der Waals surface area contributed by atoms with E-state index in [1.807, 2.05) is 78.3 Å². The molecule has 0 aliphatic heterocycles. The van der Waals surface area contributed by atoms with Crippen LogP contribution < -0.4 is 4.90 Å². The number of carboxylic acids is 1. The summed E-state index contributed by atoms with van der Waals surface area (Å²) in [6.45, 7) is 0.449. The topological polar surface area (TPSA) is 92.6 Å². The molecule has 2 heterocycles. The highest BCUT2D eigenvalue weighted by Crippen LogP contribution is 2.34. The van der Waals surface area contributed by atoms with E-state index in [-0.39, 0.29) is 12.3 Å². The Bertz CT molecular complexity index is 1320. The predicted octanol–water partition coefficient (Wildman–Crippen LogP) is 5.31. The van der Waals surface area contributed by atoms with Crippen molar-refractivity contribution in [1.82, 2.24) is 9.97 Å². The second-order valence-corrected chi connectivity index (χ2v) is 9.25. The van der Waals surface area contributed by atoms with Gasteiger partial charge < -0.3 is 9.84 Å². The zero-order valence-corrected chi connectivity index (χ0v) is 20.9. The number of nitrogens with zero attached hydrogens (tertiary/aromatic N) is 3. The molecule has 0 fully saturated rings. The molecule has 184 valence electrons. The van der Waals surface area contributed by atoms with Crippen molar-refractivity contribution in [3.8, 4) is 22.4 Å². The number of hydrogen-bond acceptors (Lipinski definition) is 6. The van der Waals surface area contributed by atoms with Crippen LogP contribution in [0, 0.1) is 5.92 Å². The summed E-state index contributed by atoms with van der Waals surface area (Å²) in [4.78, 5) is 35.5. The third kappa shape index (κ3) is 6.02. The number of aromatic nitrogens is 2. The van der Waals surface area contributed by atoms with E-state index in [1.165, 1.54) is 16.2 Å². The molecule has 0 radical (unpaired) electrons. The number of carboxylic acid groups (broad SMARTS) is 1. The van der Waals surface area contributed by atoms with Gasteiger partial charge in [-0.05, 0) is 23.6 Å². The predicted molar refractivity (Wildman–Crippen MR) is 141 cm³/mol. The van der Waals surface area contributed by atoms with E-state index in [4.69, 9.17) is 9.72 Å². The molecule has 0 bridgehead atoms. The summed E-state index contributed by atoms with van der Waals surface area (Å²) in [7, 11) is 3.28. The Morgan fingerprint density at radius 1 is 1.03 bits per heavy atom. The zero-order chi connectivity index (χ0) is 25.5. The summed E-state index contributed by atoms with van der Waals surface area (Å²) in [5.74, 6) is -1.96. The summed E-state index contributed by atoms with van der Waals surface area (Å²) in [6, 6.07) is 21.3. The van der Waals surface area contributed by atoms with E-state index in [0.29, 0.717) is 18.2 Å². The highest BCUT2D eigenvalue weighted by atomic mass is 32.1. The second-order valence-electron chi connectivity index (χ2n) is 8.41. The highest BCUT2D eigenvalue weighted by molar-refractivity contribution is 7.14. The number of thiazole rings is 1. The number of rotatable bonds is 10. The van der Waals surface area contributed by atoms with Crippen LogP contribution in [0.4, 0.5) is 5.13 Å². The largest absolute Gasteiger partial charge is 0.481 e. The van der Waals surface area contributed by atoms with Crippen LogP contribution >= 0.6 is 11.3 Å². The van der Waals surface area contributed by atoms with Gasteiger partial charge in [0.15, 0.2) is 5.13 Å². The molecule has 4 aromatic rings. The number of carbonyl (C=O) groups excluding carboxylic acids is 1. The molecule has 2 aromatic heterocycles. The lowest BCUT2D eigenvalue weighted by Gasteiger charge is -2.21. The van der Waals surface area contributed by atoms with Crippen LogP contribution in [0.5, 0.6) is 0 Å². The van der Waals surface area contributed by atoms with Crippen molar-refractivity contribution < 1.29 is 19.4 Å². The smallest absolute Gasteiger partial charge is 0.304 e. The lowest BCUT2D eigenvalue weighted by molar-refractivity contribution is -0.140. The molecule has 2 aromatic carbocycles. The van der Waals surface area contributed by atoms with Crippen LogP contribution in [0.3, 0.4) is 0 Å². The van der Waals surface area contributed by atoms with Crippen LogP contribution in [0.1, 0.15) is 17.7 Å². The van der Waals surface area contributed by atoms with E-state index >= 15 is 0 Å². The first-order valence-electron chi connectivity index (χ1n) is 11.5. The van der Waals surface area contributed by atoms with Gasteiger partial charge in [-0.3, -0.25) is 19.5 Å². The van der Waals surface area contributed by atoms with Crippen molar-refractivity contribution in [1.29, 1.82) is 0 Å². The van der Waals surface area contributed by atoms with E-state index < -0.39 is 11.9 Å². The number of aliphatic carboxylic acids is 1. The molecule has 36 heavy (non-hydrogen) atoms. The molecular weight excluding hydrogens is 474 g/mol. The van der Waals surface area contributed by atoms with Crippen molar-refractivity contribution in [2.75, 3.05) is 19.1 Å². The molecule has 1 amide bonds. The third-order valence-electron chi connectivity index (χ3n) is 5.84. The summed E-state index contributed by atoms with van der Waals surface area (Å²) >= 11 is 1.35. The second kappa shape index (κ2) is 11.7. The Hall–Kier alpha value is -3.88. The van der Waals surface area contributed by atoms with Crippen molar-refractivity contribution in [2.24, 2.45) is 5.92 Å².